The lowest BCUT2D eigenvalue weighted by atomic mass is 10.1. The van der Waals surface area contributed by atoms with Gasteiger partial charge in [-0.15, -0.1) is 0 Å². The molecule has 0 amide bonds. The van der Waals surface area contributed by atoms with E-state index in [0.29, 0.717) is 0 Å². The van der Waals surface area contributed by atoms with Gasteiger partial charge in [0.05, 0.1) is 5.97 Å². The number of aliphatic carboxylic acids is 1. The maximum Gasteiger partial charge on any atom is 0.134 e. The van der Waals surface area contributed by atoms with Crippen molar-refractivity contribution < 1.29 is 14.3 Å². The SMILES string of the molecule is CCc1oc2ccccc2c1/C=C/C(=O)[O-]. The van der Waals surface area contributed by atoms with Crippen LogP contribution < -0.4 is 5.11 Å². The molecule has 0 fully saturated rings. The van der Waals surface area contributed by atoms with Gasteiger partial charge in [-0.1, -0.05) is 25.1 Å². The van der Waals surface area contributed by atoms with Crippen LogP contribution in [-0.4, -0.2) is 5.97 Å². The fourth-order valence-electron chi connectivity index (χ4n) is 1.71. The van der Waals surface area contributed by atoms with E-state index in [1.807, 2.05) is 31.2 Å². The Labute approximate surface area is 93.0 Å². The van der Waals surface area contributed by atoms with Crippen LogP contribution in [0.5, 0.6) is 0 Å². The summed E-state index contributed by atoms with van der Waals surface area (Å²) in [5, 5.41) is 11.3. The molecule has 1 aromatic carbocycles. The largest absolute Gasteiger partial charge is 0.545 e. The van der Waals surface area contributed by atoms with Gasteiger partial charge >= 0.3 is 0 Å². The molecule has 0 atom stereocenters. The van der Waals surface area contributed by atoms with E-state index in [1.54, 1.807) is 0 Å². The maximum atomic E-state index is 10.4. The zero-order valence-corrected chi connectivity index (χ0v) is 8.90. The molecule has 3 heteroatoms. The average molecular weight is 215 g/mol. The topological polar surface area (TPSA) is 53.3 Å². The highest BCUT2D eigenvalue weighted by Gasteiger charge is 2.08. The van der Waals surface area contributed by atoms with Crippen molar-refractivity contribution in [2.75, 3.05) is 0 Å². The number of rotatable bonds is 3. The van der Waals surface area contributed by atoms with Crippen LogP contribution in [0.15, 0.2) is 34.8 Å². The fourth-order valence-corrected chi connectivity index (χ4v) is 1.71. The molecule has 0 radical (unpaired) electrons. The predicted octanol–water partition coefficient (Wildman–Crippen LogP) is 1.76. The number of furan rings is 1. The van der Waals surface area contributed by atoms with E-state index in [0.717, 1.165) is 34.8 Å². The minimum atomic E-state index is -1.20. The van der Waals surface area contributed by atoms with Crippen LogP contribution in [0.3, 0.4) is 0 Å². The molecule has 16 heavy (non-hydrogen) atoms. The molecule has 0 aliphatic rings. The zero-order valence-electron chi connectivity index (χ0n) is 8.90. The maximum absolute atomic E-state index is 10.4. The zero-order chi connectivity index (χ0) is 11.5. The van der Waals surface area contributed by atoms with E-state index in [-0.39, 0.29) is 0 Å². The number of para-hydroxylation sites is 1. The molecule has 1 aromatic heterocycles. The van der Waals surface area contributed by atoms with Crippen molar-refractivity contribution >= 4 is 23.0 Å². The number of fused-ring (bicyclic) bond motifs is 1. The van der Waals surface area contributed by atoms with E-state index in [2.05, 4.69) is 0 Å². The van der Waals surface area contributed by atoms with Gasteiger partial charge in [0.15, 0.2) is 0 Å². The Balaban J connectivity index is 2.60. The Morgan fingerprint density at radius 2 is 2.19 bits per heavy atom. The van der Waals surface area contributed by atoms with Crippen LogP contribution in [0.25, 0.3) is 17.0 Å². The fraction of sp³-hybridized carbons (Fsp3) is 0.154. The van der Waals surface area contributed by atoms with Crippen LogP contribution >= 0.6 is 0 Å². The molecule has 82 valence electrons. The molecule has 0 saturated carbocycles. The quantitative estimate of drug-likeness (QED) is 0.733. The highest BCUT2D eigenvalue weighted by Crippen LogP contribution is 2.27. The predicted molar refractivity (Wildman–Crippen MR) is 59.6 cm³/mol. The smallest absolute Gasteiger partial charge is 0.134 e. The normalized spacial score (nSPS) is 11.3. The summed E-state index contributed by atoms with van der Waals surface area (Å²) in [6.07, 6.45) is 3.28. The van der Waals surface area contributed by atoms with Crippen LogP contribution in [0, 0.1) is 0 Å². The molecule has 0 aliphatic carbocycles. The first-order valence-electron chi connectivity index (χ1n) is 5.12. The first kappa shape index (κ1) is 10.5. The van der Waals surface area contributed by atoms with E-state index in [9.17, 15) is 9.90 Å². The summed E-state index contributed by atoms with van der Waals surface area (Å²) in [6, 6.07) is 7.56. The van der Waals surface area contributed by atoms with Gasteiger partial charge in [0, 0.05) is 17.4 Å². The average Bonchev–Trinajstić information content (AvgIpc) is 2.64. The van der Waals surface area contributed by atoms with Crippen molar-refractivity contribution in [2.24, 2.45) is 0 Å². The number of carboxylic acid groups (broad SMARTS) is 1. The van der Waals surface area contributed by atoms with Gasteiger partial charge < -0.3 is 14.3 Å². The summed E-state index contributed by atoms with van der Waals surface area (Å²) in [6.45, 7) is 1.97. The molecule has 3 nitrogen and oxygen atoms in total. The van der Waals surface area contributed by atoms with Gasteiger partial charge in [-0.25, -0.2) is 0 Å². The lowest BCUT2D eigenvalue weighted by molar-refractivity contribution is -0.297. The van der Waals surface area contributed by atoms with Crippen molar-refractivity contribution in [3.8, 4) is 0 Å². The van der Waals surface area contributed by atoms with Crippen LogP contribution in [0.1, 0.15) is 18.2 Å². The summed E-state index contributed by atoms with van der Waals surface area (Å²) >= 11 is 0. The second-order valence-electron chi connectivity index (χ2n) is 3.44. The minimum Gasteiger partial charge on any atom is -0.545 e. The monoisotopic (exact) mass is 215 g/mol. The molecule has 0 N–H and O–H groups in total. The van der Waals surface area contributed by atoms with Gasteiger partial charge in [0.25, 0.3) is 0 Å². The van der Waals surface area contributed by atoms with E-state index < -0.39 is 5.97 Å². The van der Waals surface area contributed by atoms with Crippen molar-refractivity contribution in [3.05, 3.63) is 41.7 Å². The summed E-state index contributed by atoms with van der Waals surface area (Å²) in [5.41, 5.74) is 1.60. The molecule has 2 aromatic rings. The lowest BCUT2D eigenvalue weighted by Crippen LogP contribution is -2.18. The third-order valence-corrected chi connectivity index (χ3v) is 2.42. The lowest BCUT2D eigenvalue weighted by Gasteiger charge is -1.94. The first-order chi connectivity index (χ1) is 7.72. The van der Waals surface area contributed by atoms with Crippen molar-refractivity contribution in [3.63, 3.8) is 0 Å². The summed E-state index contributed by atoms with van der Waals surface area (Å²) < 4.78 is 5.62. The first-order valence-corrected chi connectivity index (χ1v) is 5.12. The standard InChI is InChI=1S/C13H12O3/c1-2-11-10(7-8-13(14)15)9-5-3-4-6-12(9)16-11/h3-8H,2H2,1H3,(H,14,15)/p-1/b8-7+. The van der Waals surface area contributed by atoms with Crippen LogP contribution in [0.4, 0.5) is 0 Å². The Kier molecular flexibility index (Phi) is 2.77. The molecule has 1 heterocycles. The molecular weight excluding hydrogens is 204 g/mol. The highest BCUT2D eigenvalue weighted by molar-refractivity contribution is 5.92. The van der Waals surface area contributed by atoms with E-state index in [4.69, 9.17) is 4.42 Å². The number of hydrogen-bond acceptors (Lipinski definition) is 3. The number of carbonyl (C=O) groups is 1. The molecule has 0 saturated heterocycles. The third kappa shape index (κ3) is 1.84. The van der Waals surface area contributed by atoms with Gasteiger partial charge in [-0.2, -0.15) is 0 Å². The Morgan fingerprint density at radius 1 is 1.44 bits per heavy atom. The Hall–Kier alpha value is -2.03. The van der Waals surface area contributed by atoms with E-state index in [1.165, 1.54) is 6.08 Å². The second-order valence-corrected chi connectivity index (χ2v) is 3.44. The molecule has 0 aliphatic heterocycles. The van der Waals surface area contributed by atoms with Gasteiger partial charge in [-0.3, -0.25) is 0 Å². The van der Waals surface area contributed by atoms with Gasteiger partial charge in [0.2, 0.25) is 0 Å². The van der Waals surface area contributed by atoms with Crippen molar-refractivity contribution in [1.29, 1.82) is 0 Å². The summed E-state index contributed by atoms with van der Waals surface area (Å²) in [7, 11) is 0. The van der Waals surface area contributed by atoms with Crippen LogP contribution in [0.2, 0.25) is 0 Å². The molecule has 0 bridgehead atoms. The number of carboxylic acids is 1. The van der Waals surface area contributed by atoms with Gasteiger partial charge in [-0.05, 0) is 18.2 Å². The van der Waals surface area contributed by atoms with Crippen LogP contribution in [-0.2, 0) is 11.2 Å². The molecular formula is C13H11O3-. The van der Waals surface area contributed by atoms with Gasteiger partial charge in [0.1, 0.15) is 11.3 Å². The number of benzene rings is 1. The number of aryl methyl sites for hydroxylation is 1. The van der Waals surface area contributed by atoms with E-state index >= 15 is 0 Å². The Bertz CT molecular complexity index is 549. The Morgan fingerprint density at radius 3 is 2.88 bits per heavy atom. The number of hydrogen-bond donors (Lipinski definition) is 0. The summed E-state index contributed by atoms with van der Waals surface area (Å²) in [4.78, 5) is 10.4. The number of carbonyl (C=O) groups excluding carboxylic acids is 1. The molecule has 2 rings (SSSR count). The summed E-state index contributed by atoms with van der Waals surface area (Å²) in [5.74, 6) is -0.411. The highest BCUT2D eigenvalue weighted by atomic mass is 16.4. The molecule has 0 spiro atoms. The van der Waals surface area contributed by atoms with Crippen molar-refractivity contribution in [1.82, 2.24) is 0 Å². The molecule has 0 unspecified atom stereocenters. The van der Waals surface area contributed by atoms with Crippen molar-refractivity contribution in [2.45, 2.75) is 13.3 Å². The second kappa shape index (κ2) is 4.23. The minimum absolute atomic E-state index is 0.724. The third-order valence-electron chi connectivity index (χ3n) is 2.42.